The molecule has 0 saturated carbocycles. The summed E-state index contributed by atoms with van der Waals surface area (Å²) in [6.45, 7) is 5.82. The van der Waals surface area contributed by atoms with Gasteiger partial charge in [0.25, 0.3) is 5.56 Å². The molecule has 1 atom stereocenters. The highest BCUT2D eigenvalue weighted by atomic mass is 32.1. The number of thiazole rings is 1. The highest BCUT2D eigenvalue weighted by molar-refractivity contribution is 7.07. The number of hydrogen-bond donors (Lipinski definition) is 0. The molecule has 6 heteroatoms. The summed E-state index contributed by atoms with van der Waals surface area (Å²) in [5, 5.41) is 0. The Balaban J connectivity index is 1.96. The first-order valence-electron chi connectivity index (χ1n) is 9.81. The number of carbonyl (C=O) groups excluding carboxylic acids is 1. The number of esters is 1. The second-order valence-electron chi connectivity index (χ2n) is 7.12. The van der Waals surface area contributed by atoms with Gasteiger partial charge in [0.2, 0.25) is 0 Å². The molecule has 4 rings (SSSR count). The third-order valence-electron chi connectivity index (χ3n) is 5.01. The average Bonchev–Trinajstić information content (AvgIpc) is 3.03. The fourth-order valence-corrected chi connectivity index (χ4v) is 4.60. The number of rotatable bonds is 4. The van der Waals surface area contributed by atoms with Crippen molar-refractivity contribution in [1.29, 1.82) is 0 Å². The fraction of sp³-hybridized carbons (Fsp3) is 0.208. The van der Waals surface area contributed by atoms with Gasteiger partial charge in [-0.15, -0.1) is 0 Å². The molecule has 30 heavy (non-hydrogen) atoms. The van der Waals surface area contributed by atoms with E-state index in [9.17, 15) is 9.59 Å². The van der Waals surface area contributed by atoms with Crippen LogP contribution in [0.3, 0.4) is 0 Å². The molecular formula is C24H22N2O3S. The summed E-state index contributed by atoms with van der Waals surface area (Å²) in [6, 6.07) is 17.0. The maximum atomic E-state index is 13.4. The lowest BCUT2D eigenvalue weighted by molar-refractivity contribution is -0.139. The first-order chi connectivity index (χ1) is 14.5. The standard InChI is InChI=1S/C24H22N2O3S/c1-4-29-23(28)20-16(3)25-24-26(21(20)18-12-10-15(2)11-13-18)22(27)19(30-24)14-17-8-6-5-7-9-17/h5-14,21H,4H2,1-3H3/b19-14+/t21-/m1/s1. The highest BCUT2D eigenvalue weighted by Crippen LogP contribution is 2.30. The largest absolute Gasteiger partial charge is 0.463 e. The van der Waals surface area contributed by atoms with Crippen molar-refractivity contribution >= 4 is 23.4 Å². The van der Waals surface area contributed by atoms with Crippen molar-refractivity contribution in [3.05, 3.63) is 102 Å². The van der Waals surface area contributed by atoms with Crippen LogP contribution in [0.15, 0.2) is 75.7 Å². The van der Waals surface area contributed by atoms with E-state index < -0.39 is 12.0 Å². The fourth-order valence-electron chi connectivity index (χ4n) is 3.56. The predicted octanol–water partition coefficient (Wildman–Crippen LogP) is 3.11. The van der Waals surface area contributed by atoms with E-state index in [0.717, 1.165) is 16.7 Å². The Morgan fingerprint density at radius 3 is 2.50 bits per heavy atom. The second kappa shape index (κ2) is 8.24. The van der Waals surface area contributed by atoms with Crippen LogP contribution in [0.4, 0.5) is 0 Å². The van der Waals surface area contributed by atoms with Crippen molar-refractivity contribution in [2.24, 2.45) is 4.99 Å². The Morgan fingerprint density at radius 2 is 1.83 bits per heavy atom. The van der Waals surface area contributed by atoms with E-state index in [2.05, 4.69) is 4.99 Å². The maximum absolute atomic E-state index is 13.4. The molecule has 0 radical (unpaired) electrons. The molecule has 0 spiro atoms. The number of carbonyl (C=O) groups is 1. The minimum atomic E-state index is -0.571. The van der Waals surface area contributed by atoms with E-state index >= 15 is 0 Å². The Labute approximate surface area is 178 Å². The van der Waals surface area contributed by atoms with E-state index in [0.29, 0.717) is 20.6 Å². The number of hydrogen-bond acceptors (Lipinski definition) is 5. The van der Waals surface area contributed by atoms with E-state index in [4.69, 9.17) is 4.74 Å². The molecule has 2 heterocycles. The van der Waals surface area contributed by atoms with Gasteiger partial charge in [0.15, 0.2) is 4.80 Å². The van der Waals surface area contributed by atoms with Crippen LogP contribution in [0.25, 0.3) is 6.08 Å². The number of ether oxygens (including phenoxy) is 1. The van der Waals surface area contributed by atoms with Gasteiger partial charge in [0.05, 0.1) is 28.5 Å². The molecule has 152 valence electrons. The van der Waals surface area contributed by atoms with Crippen LogP contribution in [-0.4, -0.2) is 17.1 Å². The number of nitrogens with zero attached hydrogens (tertiary/aromatic N) is 2. The molecular weight excluding hydrogens is 396 g/mol. The van der Waals surface area contributed by atoms with Gasteiger partial charge in [0, 0.05) is 0 Å². The van der Waals surface area contributed by atoms with Gasteiger partial charge in [-0.3, -0.25) is 9.36 Å². The van der Waals surface area contributed by atoms with Gasteiger partial charge in [-0.05, 0) is 38.0 Å². The van der Waals surface area contributed by atoms with Crippen molar-refractivity contribution in [3.8, 4) is 0 Å². The van der Waals surface area contributed by atoms with Crippen molar-refractivity contribution in [3.63, 3.8) is 0 Å². The van der Waals surface area contributed by atoms with Gasteiger partial charge >= 0.3 is 5.97 Å². The zero-order valence-corrected chi connectivity index (χ0v) is 17.9. The van der Waals surface area contributed by atoms with Gasteiger partial charge in [-0.1, -0.05) is 71.5 Å². The molecule has 0 N–H and O–H groups in total. The van der Waals surface area contributed by atoms with Gasteiger partial charge < -0.3 is 4.74 Å². The predicted molar refractivity (Wildman–Crippen MR) is 118 cm³/mol. The first kappa shape index (κ1) is 20.0. The van der Waals surface area contributed by atoms with E-state index in [-0.39, 0.29) is 12.2 Å². The molecule has 0 fully saturated rings. The van der Waals surface area contributed by atoms with Crippen LogP contribution in [0.2, 0.25) is 0 Å². The lowest BCUT2D eigenvalue weighted by atomic mass is 9.95. The number of allylic oxidation sites excluding steroid dienone is 1. The summed E-state index contributed by atoms with van der Waals surface area (Å²) in [5.41, 5.74) is 3.71. The van der Waals surface area contributed by atoms with E-state index in [1.807, 2.05) is 67.6 Å². The highest BCUT2D eigenvalue weighted by Gasteiger charge is 2.33. The van der Waals surface area contributed by atoms with Crippen LogP contribution >= 0.6 is 11.3 Å². The smallest absolute Gasteiger partial charge is 0.338 e. The number of benzene rings is 2. The van der Waals surface area contributed by atoms with Crippen LogP contribution in [-0.2, 0) is 9.53 Å². The summed E-state index contributed by atoms with van der Waals surface area (Å²) in [6.07, 6.45) is 1.86. The Morgan fingerprint density at radius 1 is 1.13 bits per heavy atom. The number of aromatic nitrogens is 1. The summed E-state index contributed by atoms with van der Waals surface area (Å²) < 4.78 is 7.50. The molecule has 2 aromatic carbocycles. The van der Waals surface area contributed by atoms with Gasteiger partial charge in [-0.25, -0.2) is 9.79 Å². The van der Waals surface area contributed by atoms with Gasteiger partial charge in [0.1, 0.15) is 0 Å². The van der Waals surface area contributed by atoms with E-state index in [1.165, 1.54) is 11.3 Å². The van der Waals surface area contributed by atoms with Crippen molar-refractivity contribution < 1.29 is 9.53 Å². The SMILES string of the molecule is CCOC(=O)C1=C(C)N=c2s/c(=C/c3ccccc3)c(=O)n2[C@@H]1c1ccc(C)cc1. The minimum Gasteiger partial charge on any atom is -0.463 e. The van der Waals surface area contributed by atoms with Crippen LogP contribution in [0.1, 0.15) is 36.6 Å². The molecule has 0 bridgehead atoms. The first-order valence-corrected chi connectivity index (χ1v) is 10.6. The van der Waals surface area contributed by atoms with Crippen LogP contribution in [0, 0.1) is 6.92 Å². The van der Waals surface area contributed by atoms with Crippen LogP contribution < -0.4 is 14.9 Å². The summed E-state index contributed by atoms with van der Waals surface area (Å²) in [5.74, 6) is -0.443. The lowest BCUT2D eigenvalue weighted by Gasteiger charge is -2.24. The molecule has 0 saturated heterocycles. The lowest BCUT2D eigenvalue weighted by Crippen LogP contribution is -2.39. The van der Waals surface area contributed by atoms with Gasteiger partial charge in [-0.2, -0.15) is 0 Å². The van der Waals surface area contributed by atoms with E-state index in [1.54, 1.807) is 18.4 Å². The summed E-state index contributed by atoms with van der Waals surface area (Å²) in [4.78, 5) is 31.4. The Kier molecular flexibility index (Phi) is 5.50. The monoisotopic (exact) mass is 418 g/mol. The number of fused-ring (bicyclic) bond motifs is 1. The third kappa shape index (κ3) is 3.66. The summed E-state index contributed by atoms with van der Waals surface area (Å²) in [7, 11) is 0. The molecule has 1 aromatic heterocycles. The maximum Gasteiger partial charge on any atom is 0.338 e. The molecule has 5 nitrogen and oxygen atoms in total. The molecule has 1 aliphatic heterocycles. The topological polar surface area (TPSA) is 60.7 Å². The quantitative estimate of drug-likeness (QED) is 0.612. The molecule has 0 aliphatic carbocycles. The van der Waals surface area contributed by atoms with Crippen LogP contribution in [0.5, 0.6) is 0 Å². The zero-order valence-electron chi connectivity index (χ0n) is 17.1. The summed E-state index contributed by atoms with van der Waals surface area (Å²) >= 11 is 1.33. The number of aryl methyl sites for hydroxylation is 1. The Bertz CT molecular complexity index is 1300. The molecule has 3 aromatic rings. The third-order valence-corrected chi connectivity index (χ3v) is 5.99. The van der Waals surface area contributed by atoms with Crippen molar-refractivity contribution in [1.82, 2.24) is 4.57 Å². The second-order valence-corrected chi connectivity index (χ2v) is 8.13. The molecule has 0 amide bonds. The normalized spacial score (nSPS) is 16.2. The molecule has 0 unspecified atom stereocenters. The van der Waals surface area contributed by atoms with Crippen molar-refractivity contribution in [2.75, 3.05) is 6.61 Å². The Hall–Kier alpha value is -3.25. The average molecular weight is 419 g/mol. The zero-order chi connectivity index (χ0) is 21.3. The molecule has 1 aliphatic rings. The minimum absolute atomic E-state index is 0.164. The van der Waals surface area contributed by atoms with Crippen molar-refractivity contribution in [2.45, 2.75) is 26.8 Å².